The minimum atomic E-state index is -3.83. The average molecular weight is 402 g/mol. The first kappa shape index (κ1) is 20.0. The third-order valence-corrected chi connectivity index (χ3v) is 6.69. The summed E-state index contributed by atoms with van der Waals surface area (Å²) in [7, 11) is -3.83. The number of nitrogens with one attached hydrogen (secondary N) is 1. The van der Waals surface area contributed by atoms with Gasteiger partial charge in [-0.1, -0.05) is 49.7 Å². The lowest BCUT2D eigenvalue weighted by atomic mass is 10.0. The molecule has 2 N–H and O–H groups in total. The highest BCUT2D eigenvalue weighted by atomic mass is 32.2. The molecule has 1 atom stereocenters. The topological polar surface area (TPSA) is 104 Å². The number of carbonyl (C=O) groups is 2. The number of rotatable bonds is 5. The van der Waals surface area contributed by atoms with E-state index in [0.29, 0.717) is 0 Å². The van der Waals surface area contributed by atoms with Gasteiger partial charge in [0.1, 0.15) is 0 Å². The van der Waals surface area contributed by atoms with Crippen LogP contribution in [0.15, 0.2) is 48.5 Å². The molecule has 0 aromatic heterocycles. The Kier molecular flexibility index (Phi) is 5.81. The number of aryl methyl sites for hydroxylation is 1. The number of hydroxylamine groups is 1. The van der Waals surface area contributed by atoms with Crippen molar-refractivity contribution in [2.75, 3.05) is 12.3 Å². The fourth-order valence-electron chi connectivity index (χ4n) is 3.34. The predicted molar refractivity (Wildman–Crippen MR) is 104 cm³/mol. The number of benzene rings is 2. The van der Waals surface area contributed by atoms with Crippen LogP contribution in [0.5, 0.6) is 0 Å². The summed E-state index contributed by atoms with van der Waals surface area (Å²) < 4.78 is 24.1. The van der Waals surface area contributed by atoms with Crippen LogP contribution in [0, 0.1) is 0 Å². The highest BCUT2D eigenvalue weighted by Crippen LogP contribution is 2.24. The first-order chi connectivity index (χ1) is 13.4. The second-order valence-electron chi connectivity index (χ2n) is 6.72. The Bertz CT molecular complexity index is 969. The molecule has 0 unspecified atom stereocenters. The zero-order chi connectivity index (χ0) is 20.3. The van der Waals surface area contributed by atoms with E-state index in [-0.39, 0.29) is 17.9 Å². The standard InChI is InChI=1S/C20H22N2O5S/c1-2-3-14-4-6-15(7-5-14)16-8-10-17(11-9-16)19(24)22-12-13-28(26,27)20(22)18(23)21-25/h4-11,20,25H,2-3,12-13H2,1H3,(H,21,23)/t20-/m1/s1. The Hall–Kier alpha value is -2.71. The summed E-state index contributed by atoms with van der Waals surface area (Å²) in [5.41, 5.74) is 4.82. The van der Waals surface area contributed by atoms with Gasteiger partial charge in [0.25, 0.3) is 11.8 Å². The Morgan fingerprint density at radius 2 is 1.64 bits per heavy atom. The van der Waals surface area contributed by atoms with Crippen LogP contribution >= 0.6 is 0 Å². The van der Waals surface area contributed by atoms with Crippen molar-refractivity contribution in [2.24, 2.45) is 0 Å². The highest BCUT2D eigenvalue weighted by Gasteiger charge is 2.46. The first-order valence-corrected chi connectivity index (χ1v) is 10.7. The third kappa shape index (κ3) is 3.93. The summed E-state index contributed by atoms with van der Waals surface area (Å²) in [6.45, 7) is 2.03. The van der Waals surface area contributed by atoms with Crippen LogP contribution in [0.2, 0.25) is 0 Å². The van der Waals surface area contributed by atoms with E-state index in [2.05, 4.69) is 19.1 Å². The first-order valence-electron chi connectivity index (χ1n) is 9.03. The van der Waals surface area contributed by atoms with Crippen LogP contribution in [0.25, 0.3) is 11.1 Å². The van der Waals surface area contributed by atoms with E-state index in [0.717, 1.165) is 28.9 Å². The smallest absolute Gasteiger partial charge is 0.281 e. The molecule has 0 bridgehead atoms. The van der Waals surface area contributed by atoms with Crippen LogP contribution in [0.3, 0.4) is 0 Å². The molecule has 1 aliphatic rings. The molecule has 148 valence electrons. The summed E-state index contributed by atoms with van der Waals surface area (Å²) in [5.74, 6) is -2.02. The fourth-order valence-corrected chi connectivity index (χ4v) is 4.98. The molecule has 0 aliphatic carbocycles. The summed E-state index contributed by atoms with van der Waals surface area (Å²) >= 11 is 0. The molecular weight excluding hydrogens is 380 g/mol. The molecule has 1 heterocycles. The van der Waals surface area contributed by atoms with Crippen molar-refractivity contribution in [3.63, 3.8) is 0 Å². The quantitative estimate of drug-likeness (QED) is 0.588. The molecule has 28 heavy (non-hydrogen) atoms. The largest absolute Gasteiger partial charge is 0.313 e. The molecule has 1 aliphatic heterocycles. The summed E-state index contributed by atoms with van der Waals surface area (Å²) in [6, 6.07) is 15.0. The number of amides is 2. The molecular formula is C20H22N2O5S. The van der Waals surface area contributed by atoms with Crippen molar-refractivity contribution < 1.29 is 23.2 Å². The minimum absolute atomic E-state index is 0.0973. The fraction of sp³-hybridized carbons (Fsp3) is 0.300. The van der Waals surface area contributed by atoms with Crippen LogP contribution in [-0.2, 0) is 21.1 Å². The SMILES string of the molecule is CCCc1ccc(-c2ccc(C(=O)N3CCS(=O)(=O)[C@@H]3C(=O)NO)cc2)cc1. The van der Waals surface area contributed by atoms with Crippen molar-refractivity contribution in [1.29, 1.82) is 0 Å². The molecule has 1 fully saturated rings. The van der Waals surface area contributed by atoms with Crippen LogP contribution in [0.4, 0.5) is 0 Å². The zero-order valence-corrected chi connectivity index (χ0v) is 16.3. The highest BCUT2D eigenvalue weighted by molar-refractivity contribution is 7.93. The second-order valence-corrected chi connectivity index (χ2v) is 8.90. The van der Waals surface area contributed by atoms with Crippen molar-refractivity contribution in [1.82, 2.24) is 10.4 Å². The monoisotopic (exact) mass is 402 g/mol. The zero-order valence-electron chi connectivity index (χ0n) is 15.5. The van der Waals surface area contributed by atoms with E-state index in [1.165, 1.54) is 11.0 Å². The van der Waals surface area contributed by atoms with Crippen LogP contribution in [-0.4, -0.2) is 48.0 Å². The molecule has 2 amide bonds. The number of sulfone groups is 1. The van der Waals surface area contributed by atoms with E-state index in [9.17, 15) is 18.0 Å². The molecule has 1 saturated heterocycles. The maximum absolute atomic E-state index is 12.7. The van der Waals surface area contributed by atoms with Gasteiger partial charge in [0.05, 0.1) is 5.75 Å². The summed E-state index contributed by atoms with van der Waals surface area (Å²) in [5, 5.41) is 7.10. The van der Waals surface area contributed by atoms with E-state index in [1.54, 1.807) is 24.3 Å². The van der Waals surface area contributed by atoms with E-state index < -0.39 is 27.0 Å². The average Bonchev–Trinajstić information content (AvgIpc) is 3.03. The van der Waals surface area contributed by atoms with Gasteiger partial charge in [-0.25, -0.2) is 13.9 Å². The molecule has 0 saturated carbocycles. The summed E-state index contributed by atoms with van der Waals surface area (Å²) in [4.78, 5) is 25.5. The Labute approximate surface area is 163 Å². The van der Waals surface area contributed by atoms with Gasteiger partial charge in [0.2, 0.25) is 5.37 Å². The maximum atomic E-state index is 12.7. The van der Waals surface area contributed by atoms with Crippen molar-refractivity contribution in [3.8, 4) is 11.1 Å². The van der Waals surface area contributed by atoms with E-state index in [4.69, 9.17) is 5.21 Å². The maximum Gasteiger partial charge on any atom is 0.281 e. The molecule has 2 aromatic carbocycles. The van der Waals surface area contributed by atoms with Gasteiger partial charge in [-0.3, -0.25) is 14.8 Å². The molecule has 0 radical (unpaired) electrons. The summed E-state index contributed by atoms with van der Waals surface area (Å²) in [6.07, 6.45) is 2.10. The number of carbonyl (C=O) groups excluding carboxylic acids is 2. The van der Waals surface area contributed by atoms with Gasteiger partial charge in [0, 0.05) is 12.1 Å². The van der Waals surface area contributed by atoms with Crippen molar-refractivity contribution in [3.05, 3.63) is 59.7 Å². The predicted octanol–water partition coefficient (Wildman–Crippen LogP) is 2.01. The van der Waals surface area contributed by atoms with E-state index >= 15 is 0 Å². The second kappa shape index (κ2) is 8.12. The van der Waals surface area contributed by atoms with Crippen LogP contribution < -0.4 is 5.48 Å². The van der Waals surface area contributed by atoms with Gasteiger partial charge in [0.15, 0.2) is 9.84 Å². The van der Waals surface area contributed by atoms with Gasteiger partial charge in [-0.05, 0) is 35.2 Å². The Morgan fingerprint density at radius 1 is 1.07 bits per heavy atom. The molecule has 2 aromatic rings. The molecule has 0 spiro atoms. The normalized spacial score (nSPS) is 18.1. The van der Waals surface area contributed by atoms with Crippen molar-refractivity contribution in [2.45, 2.75) is 25.1 Å². The van der Waals surface area contributed by atoms with Gasteiger partial charge in [-0.2, -0.15) is 0 Å². The minimum Gasteiger partial charge on any atom is -0.313 e. The van der Waals surface area contributed by atoms with Crippen LogP contribution in [0.1, 0.15) is 29.3 Å². The van der Waals surface area contributed by atoms with Gasteiger partial charge in [-0.15, -0.1) is 0 Å². The lowest BCUT2D eigenvalue weighted by Gasteiger charge is -2.21. The number of hydrogen-bond acceptors (Lipinski definition) is 5. The molecule has 8 heteroatoms. The third-order valence-electron chi connectivity index (χ3n) is 4.79. The molecule has 7 nitrogen and oxygen atoms in total. The van der Waals surface area contributed by atoms with Gasteiger partial charge < -0.3 is 4.90 Å². The lowest BCUT2D eigenvalue weighted by molar-refractivity contribution is -0.131. The number of hydrogen-bond donors (Lipinski definition) is 2. The lowest BCUT2D eigenvalue weighted by Crippen LogP contribution is -2.47. The Balaban J connectivity index is 1.81. The number of nitrogens with zero attached hydrogens (tertiary/aromatic N) is 1. The van der Waals surface area contributed by atoms with E-state index in [1.807, 2.05) is 12.1 Å². The van der Waals surface area contributed by atoms with Gasteiger partial charge >= 0.3 is 0 Å². The van der Waals surface area contributed by atoms with Crippen molar-refractivity contribution >= 4 is 21.7 Å². The molecule has 3 rings (SSSR count). The Morgan fingerprint density at radius 3 is 2.18 bits per heavy atom.